The molecule has 1 heterocycles. The van der Waals surface area contributed by atoms with Gasteiger partial charge in [-0.1, -0.05) is 35.9 Å². The Kier molecular flexibility index (Phi) is 4.76. The Morgan fingerprint density at radius 3 is 2.88 bits per heavy atom. The highest BCUT2D eigenvalue weighted by Crippen LogP contribution is 2.29. The van der Waals surface area contributed by atoms with Crippen LogP contribution >= 0.6 is 22.9 Å². The lowest BCUT2D eigenvalue weighted by Crippen LogP contribution is -2.23. The van der Waals surface area contributed by atoms with Gasteiger partial charge in [0.25, 0.3) is 0 Å². The summed E-state index contributed by atoms with van der Waals surface area (Å²) >= 11 is 6.84. The molecule has 1 aromatic heterocycles. The second-order valence-corrected chi connectivity index (χ2v) is 4.49. The van der Waals surface area contributed by atoms with Crippen molar-refractivity contribution in [2.24, 2.45) is 0 Å². The number of anilines is 1. The van der Waals surface area contributed by atoms with E-state index in [1.54, 1.807) is 6.08 Å². The number of nitrogens with zero attached hydrogens (tertiary/aromatic N) is 2. The molecule has 0 fully saturated rings. The average molecular weight is 261 g/mol. The fourth-order valence-corrected chi connectivity index (χ4v) is 2.41. The van der Waals surface area contributed by atoms with Gasteiger partial charge < -0.3 is 10.0 Å². The molecule has 1 N–H and O–H groups in total. The first-order chi connectivity index (χ1) is 7.60. The maximum atomic E-state index is 10.8. The minimum absolute atomic E-state index is 0.0534. The molecule has 0 saturated heterocycles. The lowest BCUT2D eigenvalue weighted by atomic mass is 10.4. The molecule has 16 heavy (non-hydrogen) atoms. The molecule has 0 atom stereocenters. The summed E-state index contributed by atoms with van der Waals surface area (Å²) in [7, 11) is 0. The van der Waals surface area contributed by atoms with Crippen LogP contribution in [0.4, 0.5) is 5.13 Å². The number of aromatic carboxylic acids is 1. The highest BCUT2D eigenvalue weighted by atomic mass is 35.5. The van der Waals surface area contributed by atoms with E-state index in [0.717, 1.165) is 24.3 Å². The molecule has 0 aliphatic heterocycles. The first-order valence-corrected chi connectivity index (χ1v) is 6.05. The number of aromatic nitrogens is 1. The number of carbonyl (C=O) groups is 1. The van der Waals surface area contributed by atoms with Crippen LogP contribution in [0, 0.1) is 0 Å². The third kappa shape index (κ3) is 2.96. The van der Waals surface area contributed by atoms with Crippen LogP contribution in [0.1, 0.15) is 23.0 Å². The van der Waals surface area contributed by atoms with E-state index in [1.165, 1.54) is 0 Å². The zero-order valence-electron chi connectivity index (χ0n) is 8.94. The van der Waals surface area contributed by atoms with Gasteiger partial charge in [-0.2, -0.15) is 0 Å². The van der Waals surface area contributed by atoms with Crippen LogP contribution in [0.5, 0.6) is 0 Å². The van der Waals surface area contributed by atoms with Crippen LogP contribution in [0.2, 0.25) is 5.15 Å². The number of hydrogen-bond acceptors (Lipinski definition) is 4. The van der Waals surface area contributed by atoms with Gasteiger partial charge in [-0.15, -0.1) is 6.58 Å². The summed E-state index contributed by atoms with van der Waals surface area (Å²) in [4.78, 5) is 16.9. The van der Waals surface area contributed by atoms with Gasteiger partial charge in [-0.25, -0.2) is 9.78 Å². The summed E-state index contributed by atoms with van der Waals surface area (Å²) in [6, 6.07) is 0. The van der Waals surface area contributed by atoms with Gasteiger partial charge in [0, 0.05) is 13.1 Å². The van der Waals surface area contributed by atoms with E-state index in [2.05, 4.69) is 11.6 Å². The van der Waals surface area contributed by atoms with Gasteiger partial charge in [0.15, 0.2) is 15.2 Å². The van der Waals surface area contributed by atoms with Crippen LogP contribution in [0.3, 0.4) is 0 Å². The number of thiazole rings is 1. The second-order valence-electron chi connectivity index (χ2n) is 3.16. The highest BCUT2D eigenvalue weighted by molar-refractivity contribution is 7.18. The molecule has 1 rings (SSSR count). The van der Waals surface area contributed by atoms with E-state index < -0.39 is 5.97 Å². The predicted molar refractivity (Wildman–Crippen MR) is 66.8 cm³/mol. The van der Waals surface area contributed by atoms with Crippen molar-refractivity contribution in [3.05, 3.63) is 22.7 Å². The molecule has 0 saturated carbocycles. The first kappa shape index (κ1) is 13.0. The van der Waals surface area contributed by atoms with Gasteiger partial charge in [0.2, 0.25) is 0 Å². The third-order valence-electron chi connectivity index (χ3n) is 1.88. The summed E-state index contributed by atoms with van der Waals surface area (Å²) in [5, 5.41) is 9.55. The second kappa shape index (κ2) is 5.86. The number of rotatable bonds is 6. The Hall–Kier alpha value is -1.07. The van der Waals surface area contributed by atoms with E-state index in [1.807, 2.05) is 11.8 Å². The van der Waals surface area contributed by atoms with E-state index in [4.69, 9.17) is 16.7 Å². The molecule has 0 aromatic carbocycles. The fraction of sp³-hybridized carbons (Fsp3) is 0.400. The largest absolute Gasteiger partial charge is 0.477 e. The summed E-state index contributed by atoms with van der Waals surface area (Å²) in [6.45, 7) is 7.14. The normalized spacial score (nSPS) is 10.1. The SMILES string of the molecule is C=CCN(CCC)c1nc(Cl)c(C(=O)O)s1. The van der Waals surface area contributed by atoms with E-state index in [0.29, 0.717) is 11.7 Å². The van der Waals surface area contributed by atoms with E-state index >= 15 is 0 Å². The van der Waals surface area contributed by atoms with Crippen molar-refractivity contribution in [3.8, 4) is 0 Å². The molecule has 0 bridgehead atoms. The standard InChI is InChI=1S/C10H13ClN2O2S/c1-3-5-13(6-4-2)10-12-8(11)7(16-10)9(14)15/h3H,1,4-6H2,2H3,(H,14,15). The zero-order valence-corrected chi connectivity index (χ0v) is 10.5. The van der Waals surface area contributed by atoms with Crippen molar-refractivity contribution in [3.63, 3.8) is 0 Å². The van der Waals surface area contributed by atoms with Crippen molar-refractivity contribution >= 4 is 34.0 Å². The van der Waals surface area contributed by atoms with E-state index in [9.17, 15) is 4.79 Å². The van der Waals surface area contributed by atoms with Crippen molar-refractivity contribution in [2.75, 3.05) is 18.0 Å². The Bertz CT molecular complexity index is 392. The van der Waals surface area contributed by atoms with Crippen molar-refractivity contribution in [2.45, 2.75) is 13.3 Å². The molecular formula is C10H13ClN2O2S. The Labute approximate surface area is 103 Å². The van der Waals surface area contributed by atoms with Crippen LogP contribution in [0.25, 0.3) is 0 Å². The molecule has 88 valence electrons. The monoisotopic (exact) mass is 260 g/mol. The molecule has 0 amide bonds. The fourth-order valence-electron chi connectivity index (χ4n) is 1.25. The number of hydrogen-bond donors (Lipinski definition) is 1. The van der Waals surface area contributed by atoms with Crippen LogP contribution in [-0.4, -0.2) is 29.1 Å². The smallest absolute Gasteiger partial charge is 0.349 e. The topological polar surface area (TPSA) is 53.4 Å². The maximum Gasteiger partial charge on any atom is 0.349 e. The predicted octanol–water partition coefficient (Wildman–Crippen LogP) is 2.90. The minimum Gasteiger partial charge on any atom is -0.477 e. The first-order valence-electron chi connectivity index (χ1n) is 4.85. The molecule has 0 aliphatic carbocycles. The summed E-state index contributed by atoms with van der Waals surface area (Å²) in [5.74, 6) is -1.04. The lowest BCUT2D eigenvalue weighted by Gasteiger charge is -2.18. The molecule has 4 nitrogen and oxygen atoms in total. The number of halogens is 1. The van der Waals surface area contributed by atoms with Gasteiger partial charge in [-0.3, -0.25) is 0 Å². The number of carboxylic acid groups (broad SMARTS) is 1. The molecule has 0 unspecified atom stereocenters. The molecule has 1 aromatic rings. The third-order valence-corrected chi connectivity index (χ3v) is 3.37. The minimum atomic E-state index is -1.04. The van der Waals surface area contributed by atoms with Crippen molar-refractivity contribution in [1.82, 2.24) is 4.98 Å². The van der Waals surface area contributed by atoms with E-state index in [-0.39, 0.29) is 10.0 Å². The Morgan fingerprint density at radius 1 is 1.75 bits per heavy atom. The zero-order chi connectivity index (χ0) is 12.1. The molecule has 6 heteroatoms. The molecule has 0 spiro atoms. The molecular weight excluding hydrogens is 248 g/mol. The van der Waals surface area contributed by atoms with Crippen molar-refractivity contribution < 1.29 is 9.90 Å². The number of carboxylic acids is 1. The quantitative estimate of drug-likeness (QED) is 0.799. The van der Waals surface area contributed by atoms with Crippen molar-refractivity contribution in [1.29, 1.82) is 0 Å². The van der Waals surface area contributed by atoms with Gasteiger partial charge in [0.1, 0.15) is 0 Å². The Balaban J connectivity index is 2.96. The van der Waals surface area contributed by atoms with Gasteiger partial charge >= 0.3 is 5.97 Å². The summed E-state index contributed by atoms with van der Waals surface area (Å²) < 4.78 is 0. The average Bonchev–Trinajstić information content (AvgIpc) is 2.60. The highest BCUT2D eigenvalue weighted by Gasteiger charge is 2.18. The van der Waals surface area contributed by atoms with Crippen LogP contribution in [-0.2, 0) is 0 Å². The Morgan fingerprint density at radius 2 is 2.44 bits per heavy atom. The molecule has 0 radical (unpaired) electrons. The maximum absolute atomic E-state index is 10.8. The molecule has 0 aliphatic rings. The lowest BCUT2D eigenvalue weighted by molar-refractivity contribution is 0.0702. The van der Waals surface area contributed by atoms with Gasteiger partial charge in [0.05, 0.1) is 0 Å². The summed E-state index contributed by atoms with van der Waals surface area (Å²) in [5.41, 5.74) is 0. The van der Waals surface area contributed by atoms with Crippen LogP contribution < -0.4 is 4.90 Å². The van der Waals surface area contributed by atoms with Gasteiger partial charge in [-0.05, 0) is 6.42 Å². The van der Waals surface area contributed by atoms with Crippen LogP contribution in [0.15, 0.2) is 12.7 Å². The summed E-state index contributed by atoms with van der Waals surface area (Å²) in [6.07, 6.45) is 2.71.